The van der Waals surface area contributed by atoms with E-state index in [1.807, 2.05) is 23.0 Å². The fourth-order valence-electron chi connectivity index (χ4n) is 6.18. The van der Waals surface area contributed by atoms with Gasteiger partial charge in [-0.2, -0.15) is 14.9 Å². The Bertz CT molecular complexity index is 1710. The summed E-state index contributed by atoms with van der Waals surface area (Å²) in [6.07, 6.45) is 5.88. The molecule has 2 atom stereocenters. The van der Waals surface area contributed by atoms with Crippen molar-refractivity contribution >= 4 is 28.2 Å². The monoisotopic (exact) mass is 561 g/mol. The van der Waals surface area contributed by atoms with Crippen molar-refractivity contribution in [1.29, 1.82) is 0 Å². The molecular formula is C29H29F2N7O3. The van der Waals surface area contributed by atoms with Crippen molar-refractivity contribution in [2.45, 2.75) is 37.8 Å². The van der Waals surface area contributed by atoms with Gasteiger partial charge in [0, 0.05) is 42.6 Å². The molecule has 41 heavy (non-hydrogen) atoms. The molecule has 4 heterocycles. The van der Waals surface area contributed by atoms with Crippen LogP contribution in [-0.2, 0) is 4.74 Å². The number of anilines is 2. The fourth-order valence-corrected chi connectivity index (χ4v) is 6.18. The molecular weight excluding hydrogens is 532 g/mol. The lowest BCUT2D eigenvalue weighted by Crippen LogP contribution is -2.30. The Balaban J connectivity index is 1.27. The maximum absolute atomic E-state index is 14.4. The van der Waals surface area contributed by atoms with E-state index < -0.39 is 28.8 Å². The summed E-state index contributed by atoms with van der Waals surface area (Å²) in [5, 5.41) is 12.5. The van der Waals surface area contributed by atoms with Crippen LogP contribution in [0.5, 0.6) is 0 Å². The van der Waals surface area contributed by atoms with E-state index in [0.29, 0.717) is 23.5 Å². The third-order valence-corrected chi connectivity index (χ3v) is 8.58. The second kappa shape index (κ2) is 9.74. The van der Waals surface area contributed by atoms with E-state index in [2.05, 4.69) is 15.3 Å². The summed E-state index contributed by atoms with van der Waals surface area (Å²) in [6, 6.07) is 9.41. The van der Waals surface area contributed by atoms with Gasteiger partial charge < -0.3 is 20.7 Å². The molecule has 3 fully saturated rings. The summed E-state index contributed by atoms with van der Waals surface area (Å²) in [5.74, 6) is -2.57. The number of carbonyl (C=O) groups is 1. The number of hydrogen-bond acceptors (Lipinski definition) is 7. The minimum Gasteiger partial charge on any atom is -0.379 e. The van der Waals surface area contributed by atoms with Crippen LogP contribution in [0.1, 0.15) is 42.2 Å². The SMILES string of the molecule is N[C@H]1CN(c2c(NC(=O)c3ccc(=O)n(-c4c(F)cccc4F)n3)ccc3c2cnn3[C@@H]2CCCOC2)CC12CC2. The molecule has 1 spiro atoms. The molecule has 10 nitrogen and oxygen atoms in total. The van der Waals surface area contributed by atoms with Gasteiger partial charge in [0.25, 0.3) is 11.5 Å². The van der Waals surface area contributed by atoms with Crippen molar-refractivity contribution in [3.8, 4) is 5.69 Å². The number of halogens is 2. The van der Waals surface area contributed by atoms with Crippen LogP contribution >= 0.6 is 0 Å². The van der Waals surface area contributed by atoms with Crippen LogP contribution in [-0.4, -0.2) is 57.8 Å². The van der Waals surface area contributed by atoms with E-state index in [9.17, 15) is 18.4 Å². The summed E-state index contributed by atoms with van der Waals surface area (Å²) < 4.78 is 37.1. The maximum Gasteiger partial charge on any atom is 0.276 e. The van der Waals surface area contributed by atoms with Gasteiger partial charge in [0.1, 0.15) is 11.4 Å². The number of ether oxygens (including phenoxy) is 1. The van der Waals surface area contributed by atoms with E-state index >= 15 is 0 Å². The third kappa shape index (κ3) is 4.38. The van der Waals surface area contributed by atoms with Crippen molar-refractivity contribution < 1.29 is 18.3 Å². The number of para-hydroxylation sites is 1. The van der Waals surface area contributed by atoms with E-state index in [1.54, 1.807) is 0 Å². The smallest absolute Gasteiger partial charge is 0.276 e. The Morgan fingerprint density at radius 2 is 1.90 bits per heavy atom. The first-order valence-electron chi connectivity index (χ1n) is 13.8. The summed E-state index contributed by atoms with van der Waals surface area (Å²) >= 11 is 0. The topological polar surface area (TPSA) is 120 Å². The van der Waals surface area contributed by atoms with Crippen molar-refractivity contribution in [1.82, 2.24) is 19.6 Å². The van der Waals surface area contributed by atoms with Crippen LogP contribution in [0.4, 0.5) is 20.2 Å². The second-order valence-electron chi connectivity index (χ2n) is 11.2. The fraction of sp³-hybridized carbons (Fsp3) is 0.379. The molecule has 2 aromatic carbocycles. The number of carbonyl (C=O) groups excluding carboxylic acids is 1. The number of amides is 1. The molecule has 12 heteroatoms. The molecule has 4 aromatic rings. The molecule has 3 aliphatic rings. The number of rotatable bonds is 5. The van der Waals surface area contributed by atoms with Crippen LogP contribution in [0, 0.1) is 17.0 Å². The predicted octanol–water partition coefficient (Wildman–Crippen LogP) is 3.39. The van der Waals surface area contributed by atoms with Gasteiger partial charge in [-0.15, -0.1) is 0 Å². The summed E-state index contributed by atoms with van der Waals surface area (Å²) in [7, 11) is 0. The lowest BCUT2D eigenvalue weighted by molar-refractivity contribution is 0.0565. The molecule has 1 aliphatic carbocycles. The Kier molecular flexibility index (Phi) is 6.12. The number of fused-ring (bicyclic) bond motifs is 1. The minimum atomic E-state index is -0.968. The van der Waals surface area contributed by atoms with Gasteiger partial charge in [-0.3, -0.25) is 14.3 Å². The highest BCUT2D eigenvalue weighted by molar-refractivity contribution is 6.09. The number of nitrogens with one attached hydrogen (secondary N) is 1. The van der Waals surface area contributed by atoms with Gasteiger partial charge in [0.05, 0.1) is 35.7 Å². The second-order valence-corrected chi connectivity index (χ2v) is 11.2. The van der Waals surface area contributed by atoms with Gasteiger partial charge >= 0.3 is 0 Å². The Morgan fingerprint density at radius 3 is 2.61 bits per heavy atom. The molecule has 7 rings (SSSR count). The molecule has 2 aromatic heterocycles. The summed E-state index contributed by atoms with van der Waals surface area (Å²) in [5.41, 5.74) is 7.32. The van der Waals surface area contributed by atoms with Gasteiger partial charge in [0.2, 0.25) is 0 Å². The first-order valence-corrected chi connectivity index (χ1v) is 13.8. The van der Waals surface area contributed by atoms with E-state index in [1.165, 1.54) is 12.1 Å². The molecule has 3 N–H and O–H groups in total. The quantitative estimate of drug-likeness (QED) is 0.383. The third-order valence-electron chi connectivity index (χ3n) is 8.58. The van der Waals surface area contributed by atoms with Gasteiger partial charge in [-0.25, -0.2) is 8.78 Å². The molecule has 2 saturated heterocycles. The Labute approximate surface area is 233 Å². The molecule has 0 radical (unpaired) electrons. The zero-order valence-electron chi connectivity index (χ0n) is 22.2. The van der Waals surface area contributed by atoms with Crippen molar-refractivity contribution in [3.05, 3.63) is 76.3 Å². The van der Waals surface area contributed by atoms with Gasteiger partial charge in [-0.1, -0.05) is 6.07 Å². The Hall–Kier alpha value is -4.16. The summed E-state index contributed by atoms with van der Waals surface area (Å²) in [4.78, 5) is 28.2. The van der Waals surface area contributed by atoms with E-state index in [0.717, 1.165) is 73.6 Å². The molecule has 1 amide bonds. The molecule has 0 bridgehead atoms. The van der Waals surface area contributed by atoms with Crippen LogP contribution in [0.25, 0.3) is 16.6 Å². The maximum atomic E-state index is 14.4. The zero-order valence-corrected chi connectivity index (χ0v) is 22.2. The van der Waals surface area contributed by atoms with Crippen molar-refractivity contribution in [2.24, 2.45) is 11.1 Å². The lowest BCUT2D eigenvalue weighted by atomic mass is 10.0. The van der Waals surface area contributed by atoms with E-state index in [4.69, 9.17) is 15.6 Å². The average molecular weight is 562 g/mol. The summed E-state index contributed by atoms with van der Waals surface area (Å²) in [6.45, 7) is 2.74. The predicted molar refractivity (Wildman–Crippen MR) is 148 cm³/mol. The first-order chi connectivity index (χ1) is 19.8. The number of benzene rings is 2. The lowest BCUT2D eigenvalue weighted by Gasteiger charge is -2.25. The average Bonchev–Trinajstić information content (AvgIpc) is 3.51. The highest BCUT2D eigenvalue weighted by atomic mass is 19.1. The van der Waals surface area contributed by atoms with Crippen LogP contribution < -0.4 is 21.5 Å². The van der Waals surface area contributed by atoms with Crippen molar-refractivity contribution in [2.75, 3.05) is 36.5 Å². The molecule has 1 saturated carbocycles. The number of hydrogen-bond donors (Lipinski definition) is 2. The van der Waals surface area contributed by atoms with Crippen LogP contribution in [0.2, 0.25) is 0 Å². The van der Waals surface area contributed by atoms with Crippen LogP contribution in [0.15, 0.2) is 53.5 Å². The van der Waals surface area contributed by atoms with Gasteiger partial charge in [-0.05, 0) is 56.0 Å². The normalized spacial score (nSPS) is 21.5. The highest BCUT2D eigenvalue weighted by Crippen LogP contribution is 2.54. The number of aromatic nitrogens is 4. The standard InChI is InChI=1S/C29H29F2N7O3/c30-19-4-1-5-20(31)27(19)38-25(39)9-7-22(35-38)28(40)34-21-6-8-23-18(13-33-37(23)17-3-2-12-41-15-17)26(21)36-14-24(32)29(16-36)10-11-29/h1,4-9,13,17,24H,2-3,10-12,14-16,32H2,(H,34,40)/t17-,24+/m1/s1. The molecule has 2 aliphatic heterocycles. The molecule has 0 unspecified atom stereocenters. The molecule has 212 valence electrons. The van der Waals surface area contributed by atoms with Gasteiger partial charge in [0.15, 0.2) is 11.6 Å². The highest BCUT2D eigenvalue weighted by Gasteiger charge is 2.54. The first kappa shape index (κ1) is 25.8. The zero-order chi connectivity index (χ0) is 28.3. The largest absolute Gasteiger partial charge is 0.379 e. The number of nitrogens with zero attached hydrogens (tertiary/aromatic N) is 5. The van der Waals surface area contributed by atoms with Crippen LogP contribution in [0.3, 0.4) is 0 Å². The van der Waals surface area contributed by atoms with Crippen molar-refractivity contribution in [3.63, 3.8) is 0 Å². The Morgan fingerprint density at radius 1 is 1.10 bits per heavy atom. The van der Waals surface area contributed by atoms with E-state index in [-0.39, 0.29) is 23.2 Å². The minimum absolute atomic E-state index is 0.0176. The number of nitrogens with two attached hydrogens (primary N) is 1.